The van der Waals surface area contributed by atoms with Crippen LogP contribution >= 0.6 is 27.5 Å². The number of rotatable bonds is 6. The third-order valence-electron chi connectivity index (χ3n) is 8.59. The molecule has 1 heterocycles. The number of imide groups is 1. The summed E-state index contributed by atoms with van der Waals surface area (Å²) in [6.07, 6.45) is 0. The SMILES string of the molecule is Cc1c(NC(=O)COC(=O)[C@H](C(C)C)N2C(=O)[C@@H]3C4c5ccccc5C(c5ccccc54)[C@H]3C2=O)ccc(Br)c1Cl. The summed E-state index contributed by atoms with van der Waals surface area (Å²) in [4.78, 5) is 55.4. The molecule has 3 aromatic rings. The van der Waals surface area contributed by atoms with Crippen LogP contribution in [0.2, 0.25) is 5.02 Å². The Morgan fingerprint density at radius 3 is 1.85 bits per heavy atom. The largest absolute Gasteiger partial charge is 0.454 e. The molecule has 0 unspecified atom stereocenters. The van der Waals surface area contributed by atoms with Crippen LogP contribution in [0.15, 0.2) is 65.1 Å². The van der Waals surface area contributed by atoms with E-state index < -0.39 is 42.3 Å². The van der Waals surface area contributed by atoms with Gasteiger partial charge in [0.25, 0.3) is 5.91 Å². The van der Waals surface area contributed by atoms with Gasteiger partial charge in [-0.1, -0.05) is 74.0 Å². The Morgan fingerprint density at radius 2 is 1.39 bits per heavy atom. The van der Waals surface area contributed by atoms with E-state index in [0.717, 1.165) is 27.2 Å². The standard InChI is InChI=1S/C32H28BrClN2O5/c1-15(2)29(32(40)41-14-23(37)35-22-13-12-21(33)28(34)16(22)3)36-30(38)26-24-17-8-4-5-9-18(17)25(27(26)31(36)39)20-11-7-6-10-19(20)24/h4-13,15,24-27,29H,14H2,1-3H3,(H,35,37)/t24?,25?,26-,27-,29+/m1/s1. The van der Waals surface area contributed by atoms with Crippen molar-refractivity contribution >= 4 is 56.9 Å². The number of anilines is 1. The summed E-state index contributed by atoms with van der Waals surface area (Å²) in [5, 5.41) is 3.16. The summed E-state index contributed by atoms with van der Waals surface area (Å²) in [5.41, 5.74) is 5.39. The molecule has 0 saturated carbocycles. The summed E-state index contributed by atoms with van der Waals surface area (Å²) in [6.45, 7) is 4.72. The van der Waals surface area contributed by atoms with Crippen LogP contribution in [0.25, 0.3) is 0 Å². The predicted molar refractivity (Wildman–Crippen MR) is 158 cm³/mol. The summed E-state index contributed by atoms with van der Waals surface area (Å²) in [7, 11) is 0. The van der Waals surface area contributed by atoms with Crippen molar-refractivity contribution in [1.82, 2.24) is 4.90 Å². The first kappa shape index (κ1) is 27.7. The van der Waals surface area contributed by atoms with Gasteiger partial charge in [0.05, 0.1) is 16.9 Å². The summed E-state index contributed by atoms with van der Waals surface area (Å²) in [5.74, 6) is -4.22. The molecule has 3 aromatic carbocycles. The van der Waals surface area contributed by atoms with Crippen molar-refractivity contribution in [2.45, 2.75) is 38.6 Å². The van der Waals surface area contributed by atoms with Crippen LogP contribution in [0.3, 0.4) is 0 Å². The minimum atomic E-state index is -1.15. The summed E-state index contributed by atoms with van der Waals surface area (Å²) >= 11 is 9.60. The van der Waals surface area contributed by atoms with E-state index in [0.29, 0.717) is 20.7 Å². The molecule has 0 aromatic heterocycles. The minimum absolute atomic E-state index is 0.269. The lowest BCUT2D eigenvalue weighted by Gasteiger charge is -2.45. The molecule has 210 valence electrons. The molecule has 1 aliphatic heterocycles. The lowest BCUT2D eigenvalue weighted by atomic mass is 9.55. The normalized spacial score (nSPS) is 22.7. The predicted octanol–water partition coefficient (Wildman–Crippen LogP) is 5.81. The van der Waals surface area contributed by atoms with E-state index in [1.54, 1.807) is 32.9 Å². The zero-order chi connectivity index (χ0) is 29.2. The Morgan fingerprint density at radius 1 is 0.902 bits per heavy atom. The maximum atomic E-state index is 14.1. The number of halogens is 2. The highest BCUT2D eigenvalue weighted by atomic mass is 79.9. The van der Waals surface area contributed by atoms with Crippen molar-refractivity contribution in [1.29, 1.82) is 0 Å². The van der Waals surface area contributed by atoms with Crippen molar-refractivity contribution in [3.63, 3.8) is 0 Å². The van der Waals surface area contributed by atoms with Crippen LogP contribution in [0.5, 0.6) is 0 Å². The second kappa shape index (κ2) is 10.4. The molecule has 0 spiro atoms. The maximum Gasteiger partial charge on any atom is 0.330 e. The zero-order valence-corrected chi connectivity index (χ0v) is 25.0. The molecule has 4 aliphatic rings. The first-order valence-electron chi connectivity index (χ1n) is 13.6. The van der Waals surface area contributed by atoms with Crippen LogP contribution in [-0.2, 0) is 23.9 Å². The number of carbonyl (C=O) groups is 4. The van der Waals surface area contributed by atoms with E-state index in [2.05, 4.69) is 21.2 Å². The number of benzene rings is 3. The number of hydrogen-bond acceptors (Lipinski definition) is 5. The third-order valence-corrected chi connectivity index (χ3v) is 9.97. The third kappa shape index (κ3) is 4.30. The van der Waals surface area contributed by atoms with E-state index in [1.807, 2.05) is 48.5 Å². The number of likely N-dealkylation sites (tertiary alicyclic amines) is 1. The Bertz CT molecular complexity index is 1510. The Hall–Kier alpha value is -3.49. The van der Waals surface area contributed by atoms with Gasteiger partial charge >= 0.3 is 5.97 Å². The number of nitrogens with zero attached hydrogens (tertiary/aromatic N) is 1. The number of nitrogens with one attached hydrogen (secondary N) is 1. The molecule has 1 N–H and O–H groups in total. The van der Waals surface area contributed by atoms with Gasteiger partial charge in [-0.25, -0.2) is 4.79 Å². The molecule has 41 heavy (non-hydrogen) atoms. The average molecular weight is 636 g/mol. The Kier molecular flexibility index (Phi) is 7.02. The number of carbonyl (C=O) groups excluding carboxylic acids is 4. The van der Waals surface area contributed by atoms with Gasteiger partial charge in [0.2, 0.25) is 11.8 Å². The number of esters is 1. The summed E-state index contributed by atoms with van der Waals surface area (Å²) < 4.78 is 6.10. The van der Waals surface area contributed by atoms with Gasteiger partial charge in [-0.05, 0) is 68.7 Å². The molecular weight excluding hydrogens is 608 g/mol. The van der Waals surface area contributed by atoms with E-state index in [1.165, 1.54) is 0 Å². The van der Waals surface area contributed by atoms with Gasteiger partial charge < -0.3 is 10.1 Å². The average Bonchev–Trinajstić information content (AvgIpc) is 3.22. The van der Waals surface area contributed by atoms with E-state index in [4.69, 9.17) is 16.3 Å². The highest BCUT2D eigenvalue weighted by molar-refractivity contribution is 9.10. The molecule has 0 radical (unpaired) electrons. The van der Waals surface area contributed by atoms with Crippen molar-refractivity contribution < 1.29 is 23.9 Å². The van der Waals surface area contributed by atoms with E-state index in [9.17, 15) is 19.2 Å². The second-order valence-electron chi connectivity index (χ2n) is 11.2. The van der Waals surface area contributed by atoms with Crippen molar-refractivity contribution in [3.05, 3.63) is 98.0 Å². The van der Waals surface area contributed by atoms with Crippen molar-refractivity contribution in [2.75, 3.05) is 11.9 Å². The molecule has 7 nitrogen and oxygen atoms in total. The fraction of sp³-hybridized carbons (Fsp3) is 0.312. The van der Waals surface area contributed by atoms with Crippen LogP contribution in [0, 0.1) is 24.7 Å². The Balaban J connectivity index is 1.25. The molecule has 9 heteroatoms. The van der Waals surface area contributed by atoms with Gasteiger partial charge in [-0.2, -0.15) is 0 Å². The maximum absolute atomic E-state index is 14.1. The summed E-state index contributed by atoms with van der Waals surface area (Å²) in [6, 6.07) is 18.2. The minimum Gasteiger partial charge on any atom is -0.454 e. The van der Waals surface area contributed by atoms with Gasteiger partial charge in [0.15, 0.2) is 6.61 Å². The highest BCUT2D eigenvalue weighted by Crippen LogP contribution is 2.61. The fourth-order valence-corrected chi connectivity index (χ4v) is 7.44. The fourth-order valence-electron chi connectivity index (χ4n) is 6.85. The lowest BCUT2D eigenvalue weighted by Crippen LogP contribution is -2.49. The first-order valence-corrected chi connectivity index (χ1v) is 14.7. The number of ether oxygens (including phenoxy) is 1. The molecule has 3 aliphatic carbocycles. The van der Waals surface area contributed by atoms with E-state index >= 15 is 0 Å². The molecule has 1 fully saturated rings. The molecular formula is C32H28BrClN2O5. The molecule has 3 amide bonds. The second-order valence-corrected chi connectivity index (χ2v) is 12.4. The molecule has 7 rings (SSSR count). The van der Waals surface area contributed by atoms with Gasteiger partial charge in [0.1, 0.15) is 6.04 Å². The van der Waals surface area contributed by atoms with Gasteiger partial charge in [-0.15, -0.1) is 0 Å². The van der Waals surface area contributed by atoms with Crippen LogP contribution in [0.1, 0.15) is 53.5 Å². The quantitative estimate of drug-likeness (QED) is 0.273. The lowest BCUT2D eigenvalue weighted by molar-refractivity contribution is -0.162. The van der Waals surface area contributed by atoms with Crippen molar-refractivity contribution in [2.24, 2.45) is 17.8 Å². The van der Waals surface area contributed by atoms with Crippen LogP contribution in [-0.4, -0.2) is 41.2 Å². The van der Waals surface area contributed by atoms with E-state index in [-0.39, 0.29) is 23.7 Å². The van der Waals surface area contributed by atoms with Crippen LogP contribution in [0.4, 0.5) is 5.69 Å². The smallest absolute Gasteiger partial charge is 0.330 e. The monoisotopic (exact) mass is 634 g/mol. The van der Waals surface area contributed by atoms with Crippen molar-refractivity contribution in [3.8, 4) is 0 Å². The topological polar surface area (TPSA) is 92.8 Å². The Labute approximate surface area is 251 Å². The van der Waals surface area contributed by atoms with Gasteiger partial charge in [-0.3, -0.25) is 19.3 Å². The number of hydrogen-bond donors (Lipinski definition) is 1. The highest BCUT2D eigenvalue weighted by Gasteiger charge is 2.63. The van der Waals surface area contributed by atoms with Gasteiger partial charge in [0, 0.05) is 22.0 Å². The molecule has 3 atom stereocenters. The van der Waals surface area contributed by atoms with Crippen LogP contribution < -0.4 is 5.32 Å². The molecule has 2 bridgehead atoms. The zero-order valence-electron chi connectivity index (χ0n) is 22.7. The first-order chi connectivity index (χ1) is 19.6. The molecule has 1 saturated heterocycles. The number of amides is 3.